The number of ether oxygens (including phenoxy) is 2. The molecular formula is C11H21N5O2. The topological polar surface area (TPSA) is 85.5 Å². The number of nitrogen functional groups attached to an aromatic ring is 1. The first kappa shape index (κ1) is 14.6. The molecule has 0 saturated heterocycles. The SMILES string of the molecule is COCCCN(CCOC)c1cc(NN)ncn1. The summed E-state index contributed by atoms with van der Waals surface area (Å²) in [6.07, 6.45) is 2.41. The van der Waals surface area contributed by atoms with E-state index in [0.717, 1.165) is 31.9 Å². The monoisotopic (exact) mass is 255 g/mol. The highest BCUT2D eigenvalue weighted by molar-refractivity contribution is 5.47. The first-order valence-electron chi connectivity index (χ1n) is 5.83. The van der Waals surface area contributed by atoms with Crippen LogP contribution in [0.2, 0.25) is 0 Å². The van der Waals surface area contributed by atoms with Crippen LogP contribution in [0.25, 0.3) is 0 Å². The molecule has 0 aliphatic heterocycles. The Bertz CT molecular complexity index is 337. The standard InChI is InChI=1S/C11H21N5O2/c1-17-6-3-4-16(5-7-18-2)11-8-10(15-12)13-9-14-11/h8-9H,3-7,12H2,1-2H3,(H,13,14,15). The van der Waals surface area contributed by atoms with Gasteiger partial charge in [-0.3, -0.25) is 0 Å². The number of hydrogen-bond acceptors (Lipinski definition) is 7. The lowest BCUT2D eigenvalue weighted by molar-refractivity contribution is 0.191. The second-order valence-electron chi connectivity index (χ2n) is 3.73. The fourth-order valence-electron chi connectivity index (χ4n) is 1.54. The minimum Gasteiger partial charge on any atom is -0.385 e. The van der Waals surface area contributed by atoms with Gasteiger partial charge in [-0.1, -0.05) is 0 Å². The number of rotatable bonds is 9. The van der Waals surface area contributed by atoms with Gasteiger partial charge in [0.05, 0.1) is 6.61 Å². The molecule has 0 fully saturated rings. The van der Waals surface area contributed by atoms with Gasteiger partial charge in [-0.05, 0) is 6.42 Å². The Morgan fingerprint density at radius 3 is 2.67 bits per heavy atom. The van der Waals surface area contributed by atoms with Crippen molar-refractivity contribution in [3.05, 3.63) is 12.4 Å². The quantitative estimate of drug-likeness (QED) is 0.371. The number of aromatic nitrogens is 2. The maximum absolute atomic E-state index is 5.34. The summed E-state index contributed by atoms with van der Waals surface area (Å²) in [6, 6.07) is 1.81. The van der Waals surface area contributed by atoms with Crippen molar-refractivity contribution in [3.8, 4) is 0 Å². The Kier molecular flexibility index (Phi) is 7.00. The number of nitrogens with one attached hydrogen (secondary N) is 1. The lowest BCUT2D eigenvalue weighted by atomic mass is 10.3. The Balaban J connectivity index is 2.66. The van der Waals surface area contributed by atoms with Crippen molar-refractivity contribution in [2.75, 3.05) is 50.8 Å². The smallest absolute Gasteiger partial charge is 0.145 e. The average Bonchev–Trinajstić information content (AvgIpc) is 2.42. The zero-order valence-electron chi connectivity index (χ0n) is 10.9. The van der Waals surface area contributed by atoms with Crippen LogP contribution in [0, 0.1) is 0 Å². The summed E-state index contributed by atoms with van der Waals surface area (Å²) >= 11 is 0. The van der Waals surface area contributed by atoms with Gasteiger partial charge in [0.2, 0.25) is 0 Å². The van der Waals surface area contributed by atoms with E-state index in [-0.39, 0.29) is 0 Å². The van der Waals surface area contributed by atoms with Gasteiger partial charge in [0.25, 0.3) is 0 Å². The number of methoxy groups -OCH3 is 2. The summed E-state index contributed by atoms with van der Waals surface area (Å²) in [6.45, 7) is 2.97. The van der Waals surface area contributed by atoms with Gasteiger partial charge in [-0.2, -0.15) is 0 Å². The largest absolute Gasteiger partial charge is 0.385 e. The molecule has 1 heterocycles. The maximum atomic E-state index is 5.34. The molecule has 0 aromatic carbocycles. The van der Waals surface area contributed by atoms with Gasteiger partial charge in [0, 0.05) is 40.0 Å². The Morgan fingerprint density at radius 1 is 1.22 bits per heavy atom. The number of nitrogens with two attached hydrogens (primary N) is 1. The van der Waals surface area contributed by atoms with E-state index in [2.05, 4.69) is 20.3 Å². The summed E-state index contributed by atoms with van der Waals surface area (Å²) in [5.41, 5.74) is 2.51. The highest BCUT2D eigenvalue weighted by Gasteiger charge is 2.08. The highest BCUT2D eigenvalue weighted by atomic mass is 16.5. The van der Waals surface area contributed by atoms with Crippen LogP contribution < -0.4 is 16.2 Å². The zero-order chi connectivity index (χ0) is 13.2. The van der Waals surface area contributed by atoms with E-state index in [1.165, 1.54) is 6.33 Å². The summed E-state index contributed by atoms with van der Waals surface area (Å²) < 4.78 is 10.2. The summed E-state index contributed by atoms with van der Waals surface area (Å²) in [7, 11) is 3.38. The lowest BCUT2D eigenvalue weighted by Gasteiger charge is -2.23. The van der Waals surface area contributed by atoms with Crippen molar-refractivity contribution in [1.82, 2.24) is 9.97 Å². The number of nitrogens with zero attached hydrogens (tertiary/aromatic N) is 3. The van der Waals surface area contributed by atoms with Gasteiger partial charge < -0.3 is 19.8 Å². The van der Waals surface area contributed by atoms with Crippen molar-refractivity contribution in [2.24, 2.45) is 5.84 Å². The number of hydrogen-bond donors (Lipinski definition) is 2. The number of anilines is 2. The maximum Gasteiger partial charge on any atom is 0.145 e. The molecular weight excluding hydrogens is 234 g/mol. The molecule has 1 aromatic heterocycles. The van der Waals surface area contributed by atoms with E-state index in [1.54, 1.807) is 14.2 Å². The van der Waals surface area contributed by atoms with Gasteiger partial charge in [-0.15, -0.1) is 0 Å². The molecule has 102 valence electrons. The van der Waals surface area contributed by atoms with Gasteiger partial charge >= 0.3 is 0 Å². The molecule has 0 amide bonds. The molecule has 0 bridgehead atoms. The van der Waals surface area contributed by atoms with Crippen LogP contribution in [0.15, 0.2) is 12.4 Å². The molecule has 7 nitrogen and oxygen atoms in total. The van der Waals surface area contributed by atoms with E-state index >= 15 is 0 Å². The van der Waals surface area contributed by atoms with E-state index in [0.29, 0.717) is 12.4 Å². The third kappa shape index (κ3) is 4.82. The number of hydrazine groups is 1. The van der Waals surface area contributed by atoms with Crippen LogP contribution in [-0.4, -0.2) is 50.5 Å². The van der Waals surface area contributed by atoms with Crippen LogP contribution in [0.5, 0.6) is 0 Å². The summed E-state index contributed by atoms with van der Waals surface area (Å²) in [4.78, 5) is 10.3. The third-order valence-corrected chi connectivity index (χ3v) is 2.47. The van der Waals surface area contributed by atoms with Crippen molar-refractivity contribution in [1.29, 1.82) is 0 Å². The Morgan fingerprint density at radius 2 is 2.00 bits per heavy atom. The van der Waals surface area contributed by atoms with E-state index in [9.17, 15) is 0 Å². The summed E-state index contributed by atoms with van der Waals surface area (Å²) in [5.74, 6) is 6.75. The fourth-order valence-corrected chi connectivity index (χ4v) is 1.54. The van der Waals surface area contributed by atoms with Crippen LogP contribution in [0.1, 0.15) is 6.42 Å². The van der Waals surface area contributed by atoms with Crippen LogP contribution in [0.3, 0.4) is 0 Å². The lowest BCUT2D eigenvalue weighted by Crippen LogP contribution is -2.30. The average molecular weight is 255 g/mol. The van der Waals surface area contributed by atoms with Crippen LogP contribution in [0.4, 0.5) is 11.6 Å². The highest BCUT2D eigenvalue weighted by Crippen LogP contribution is 2.13. The molecule has 0 aliphatic rings. The van der Waals surface area contributed by atoms with E-state index < -0.39 is 0 Å². The third-order valence-electron chi connectivity index (χ3n) is 2.47. The van der Waals surface area contributed by atoms with Gasteiger partial charge in [0.1, 0.15) is 18.0 Å². The molecule has 0 radical (unpaired) electrons. The molecule has 1 aromatic rings. The second-order valence-corrected chi connectivity index (χ2v) is 3.73. The minimum absolute atomic E-state index is 0.592. The molecule has 3 N–H and O–H groups in total. The van der Waals surface area contributed by atoms with Crippen molar-refractivity contribution >= 4 is 11.6 Å². The predicted molar refractivity (Wildman–Crippen MR) is 70.4 cm³/mol. The van der Waals surface area contributed by atoms with Crippen molar-refractivity contribution < 1.29 is 9.47 Å². The predicted octanol–water partition coefficient (Wildman–Crippen LogP) is 0.252. The van der Waals surface area contributed by atoms with Crippen LogP contribution >= 0.6 is 0 Å². The molecule has 18 heavy (non-hydrogen) atoms. The first-order chi connectivity index (χ1) is 8.81. The Hall–Kier alpha value is -1.44. The molecule has 0 atom stereocenters. The molecule has 0 aliphatic carbocycles. The summed E-state index contributed by atoms with van der Waals surface area (Å²) in [5, 5.41) is 0. The van der Waals surface area contributed by atoms with Gasteiger partial charge in [-0.25, -0.2) is 15.8 Å². The van der Waals surface area contributed by atoms with Crippen LogP contribution in [-0.2, 0) is 9.47 Å². The van der Waals surface area contributed by atoms with Gasteiger partial charge in [0.15, 0.2) is 0 Å². The first-order valence-corrected chi connectivity index (χ1v) is 5.83. The van der Waals surface area contributed by atoms with E-state index in [1.807, 2.05) is 6.07 Å². The zero-order valence-corrected chi connectivity index (χ0v) is 10.9. The molecule has 7 heteroatoms. The Labute approximate surface area is 107 Å². The van der Waals surface area contributed by atoms with Crippen molar-refractivity contribution in [2.45, 2.75) is 6.42 Å². The molecule has 1 rings (SSSR count). The second kappa shape index (κ2) is 8.62. The molecule has 0 spiro atoms. The van der Waals surface area contributed by atoms with Crippen molar-refractivity contribution in [3.63, 3.8) is 0 Å². The minimum atomic E-state index is 0.592. The van der Waals surface area contributed by atoms with E-state index in [4.69, 9.17) is 15.3 Å². The molecule has 0 saturated carbocycles. The normalized spacial score (nSPS) is 10.4. The molecule has 0 unspecified atom stereocenters. The fraction of sp³-hybridized carbons (Fsp3) is 0.636.